The Morgan fingerprint density at radius 3 is 3.05 bits per heavy atom. The number of carbonyl (C=O) groups is 1. The standard InChI is InChI=1S/C17H20N4O/c1-10-9-18-6-4-12(10)14-8-15(21-17(22)11-2-3-11)20-16-13(14)5-7-19-16/h4-5,7-8,10-11,18H,2-3,6,9H2,1H3,(H2,19,20,21,22). The number of aromatic nitrogens is 2. The maximum absolute atomic E-state index is 12.0. The normalized spacial score (nSPS) is 21.7. The summed E-state index contributed by atoms with van der Waals surface area (Å²) in [4.78, 5) is 19.7. The van der Waals surface area contributed by atoms with Crippen molar-refractivity contribution in [1.29, 1.82) is 0 Å². The lowest BCUT2D eigenvalue weighted by atomic mass is 9.90. The van der Waals surface area contributed by atoms with Crippen LogP contribution in [0.3, 0.4) is 0 Å². The van der Waals surface area contributed by atoms with Crippen LogP contribution < -0.4 is 10.6 Å². The van der Waals surface area contributed by atoms with Crippen molar-refractivity contribution >= 4 is 28.3 Å². The zero-order valence-electron chi connectivity index (χ0n) is 12.6. The topological polar surface area (TPSA) is 69.8 Å². The van der Waals surface area contributed by atoms with Gasteiger partial charge in [0, 0.05) is 30.6 Å². The van der Waals surface area contributed by atoms with E-state index in [2.05, 4.69) is 39.7 Å². The monoisotopic (exact) mass is 296 g/mol. The Morgan fingerprint density at radius 2 is 2.27 bits per heavy atom. The first-order valence-electron chi connectivity index (χ1n) is 7.92. The van der Waals surface area contributed by atoms with Gasteiger partial charge in [0.25, 0.3) is 0 Å². The summed E-state index contributed by atoms with van der Waals surface area (Å²) < 4.78 is 0. The molecule has 1 atom stereocenters. The fourth-order valence-corrected chi connectivity index (χ4v) is 3.08. The van der Waals surface area contributed by atoms with Crippen molar-refractivity contribution in [2.75, 3.05) is 18.4 Å². The molecule has 1 aliphatic heterocycles. The molecular formula is C17H20N4O. The van der Waals surface area contributed by atoms with Crippen molar-refractivity contribution in [3.05, 3.63) is 30.0 Å². The fourth-order valence-electron chi connectivity index (χ4n) is 3.08. The number of hydrogen-bond donors (Lipinski definition) is 3. The first kappa shape index (κ1) is 13.5. The molecule has 1 unspecified atom stereocenters. The van der Waals surface area contributed by atoms with Gasteiger partial charge in [-0.05, 0) is 42.0 Å². The minimum Gasteiger partial charge on any atom is -0.346 e. The summed E-state index contributed by atoms with van der Waals surface area (Å²) in [5.74, 6) is 1.37. The molecule has 0 aromatic carbocycles. The first-order chi connectivity index (χ1) is 10.7. The number of nitrogens with one attached hydrogen (secondary N) is 3. The second-order valence-corrected chi connectivity index (χ2v) is 6.28. The molecule has 1 saturated carbocycles. The van der Waals surface area contributed by atoms with Gasteiger partial charge in [-0.1, -0.05) is 13.0 Å². The number of carbonyl (C=O) groups excluding carboxylic acids is 1. The lowest BCUT2D eigenvalue weighted by molar-refractivity contribution is -0.117. The molecule has 0 saturated heterocycles. The molecule has 114 valence electrons. The number of aromatic amines is 1. The minimum absolute atomic E-state index is 0.0942. The van der Waals surface area contributed by atoms with Crippen LogP contribution >= 0.6 is 0 Å². The van der Waals surface area contributed by atoms with Gasteiger partial charge in [0.05, 0.1) is 0 Å². The number of amides is 1. The molecule has 3 N–H and O–H groups in total. The zero-order valence-corrected chi connectivity index (χ0v) is 12.6. The van der Waals surface area contributed by atoms with Crippen LogP contribution in [0.4, 0.5) is 5.82 Å². The van der Waals surface area contributed by atoms with Gasteiger partial charge in [0.2, 0.25) is 5.91 Å². The van der Waals surface area contributed by atoms with E-state index in [-0.39, 0.29) is 11.8 Å². The van der Waals surface area contributed by atoms with Gasteiger partial charge in [0.15, 0.2) is 0 Å². The summed E-state index contributed by atoms with van der Waals surface area (Å²) in [6.07, 6.45) is 6.14. The van der Waals surface area contributed by atoms with E-state index in [0.29, 0.717) is 11.7 Å². The number of pyridine rings is 1. The van der Waals surface area contributed by atoms with E-state index >= 15 is 0 Å². The maximum Gasteiger partial charge on any atom is 0.228 e. The number of anilines is 1. The van der Waals surface area contributed by atoms with E-state index in [0.717, 1.165) is 37.0 Å². The van der Waals surface area contributed by atoms with Crippen molar-refractivity contribution in [1.82, 2.24) is 15.3 Å². The lowest BCUT2D eigenvalue weighted by Crippen LogP contribution is -2.27. The van der Waals surface area contributed by atoms with E-state index in [9.17, 15) is 4.79 Å². The van der Waals surface area contributed by atoms with Gasteiger partial charge >= 0.3 is 0 Å². The molecule has 2 aromatic rings. The molecule has 1 fully saturated rings. The summed E-state index contributed by atoms with van der Waals surface area (Å²) in [6, 6.07) is 4.07. The number of fused-ring (bicyclic) bond motifs is 1. The lowest BCUT2D eigenvalue weighted by Gasteiger charge is -2.22. The summed E-state index contributed by atoms with van der Waals surface area (Å²) in [6.45, 7) is 4.08. The van der Waals surface area contributed by atoms with E-state index < -0.39 is 0 Å². The number of H-pyrrole nitrogens is 1. The van der Waals surface area contributed by atoms with Gasteiger partial charge in [0.1, 0.15) is 11.5 Å². The number of hydrogen-bond acceptors (Lipinski definition) is 3. The highest BCUT2D eigenvalue weighted by Gasteiger charge is 2.30. The predicted molar refractivity (Wildman–Crippen MR) is 87.5 cm³/mol. The molecule has 1 amide bonds. The molecule has 1 aliphatic carbocycles. The van der Waals surface area contributed by atoms with Gasteiger partial charge < -0.3 is 15.6 Å². The molecule has 5 nitrogen and oxygen atoms in total. The largest absolute Gasteiger partial charge is 0.346 e. The zero-order chi connectivity index (χ0) is 15.1. The van der Waals surface area contributed by atoms with Crippen molar-refractivity contribution in [3.8, 4) is 0 Å². The Morgan fingerprint density at radius 1 is 1.41 bits per heavy atom. The quantitative estimate of drug-likeness (QED) is 0.815. The SMILES string of the molecule is CC1CNCC=C1c1cc(NC(=O)C2CC2)nc2[nH]ccc12. The summed E-state index contributed by atoms with van der Waals surface area (Å²) >= 11 is 0. The Bertz CT molecular complexity index is 757. The molecule has 2 aromatic heterocycles. The average Bonchev–Trinajstić information content (AvgIpc) is 3.26. The molecule has 0 radical (unpaired) electrons. The van der Waals surface area contributed by atoms with Crippen molar-refractivity contribution in [2.45, 2.75) is 19.8 Å². The Kier molecular flexibility index (Phi) is 3.22. The molecule has 0 bridgehead atoms. The van der Waals surface area contributed by atoms with Crippen LogP contribution in [-0.2, 0) is 4.79 Å². The van der Waals surface area contributed by atoms with Gasteiger partial charge in [-0.25, -0.2) is 4.98 Å². The molecule has 22 heavy (non-hydrogen) atoms. The second-order valence-electron chi connectivity index (χ2n) is 6.28. The van der Waals surface area contributed by atoms with Crippen LogP contribution in [0, 0.1) is 11.8 Å². The van der Waals surface area contributed by atoms with E-state index in [1.807, 2.05) is 12.3 Å². The van der Waals surface area contributed by atoms with Gasteiger partial charge in [-0.15, -0.1) is 0 Å². The number of rotatable bonds is 3. The predicted octanol–water partition coefficient (Wildman–Crippen LogP) is 2.53. The number of nitrogens with zero attached hydrogens (tertiary/aromatic N) is 1. The molecule has 4 rings (SSSR count). The second kappa shape index (κ2) is 5.25. The Balaban J connectivity index is 1.76. The third kappa shape index (κ3) is 2.41. The molecule has 3 heterocycles. The van der Waals surface area contributed by atoms with Crippen molar-refractivity contribution < 1.29 is 4.79 Å². The van der Waals surface area contributed by atoms with Crippen LogP contribution in [0.25, 0.3) is 16.6 Å². The van der Waals surface area contributed by atoms with Gasteiger partial charge in [-0.3, -0.25) is 4.79 Å². The maximum atomic E-state index is 12.0. The Labute approximate surface area is 129 Å². The van der Waals surface area contributed by atoms with Crippen LogP contribution in [0.2, 0.25) is 0 Å². The van der Waals surface area contributed by atoms with E-state index in [1.165, 1.54) is 11.1 Å². The minimum atomic E-state index is 0.0942. The average molecular weight is 296 g/mol. The van der Waals surface area contributed by atoms with Crippen LogP contribution in [0.1, 0.15) is 25.3 Å². The summed E-state index contributed by atoms with van der Waals surface area (Å²) in [5, 5.41) is 7.46. The summed E-state index contributed by atoms with van der Waals surface area (Å²) in [5.41, 5.74) is 3.33. The smallest absolute Gasteiger partial charge is 0.228 e. The van der Waals surface area contributed by atoms with Crippen molar-refractivity contribution in [2.24, 2.45) is 11.8 Å². The molecule has 5 heteroatoms. The van der Waals surface area contributed by atoms with Crippen LogP contribution in [0.15, 0.2) is 24.4 Å². The van der Waals surface area contributed by atoms with Gasteiger partial charge in [-0.2, -0.15) is 0 Å². The Hall–Kier alpha value is -2.14. The highest BCUT2D eigenvalue weighted by Crippen LogP contribution is 2.33. The highest BCUT2D eigenvalue weighted by molar-refractivity contribution is 5.97. The third-order valence-electron chi connectivity index (χ3n) is 4.49. The van der Waals surface area contributed by atoms with Crippen LogP contribution in [0.5, 0.6) is 0 Å². The summed E-state index contributed by atoms with van der Waals surface area (Å²) in [7, 11) is 0. The van der Waals surface area contributed by atoms with E-state index in [1.54, 1.807) is 0 Å². The third-order valence-corrected chi connectivity index (χ3v) is 4.49. The molecule has 0 spiro atoms. The van der Waals surface area contributed by atoms with Crippen LogP contribution in [-0.4, -0.2) is 29.0 Å². The fraction of sp³-hybridized carbons (Fsp3) is 0.412. The highest BCUT2D eigenvalue weighted by atomic mass is 16.2. The first-order valence-corrected chi connectivity index (χ1v) is 7.92. The molecular weight excluding hydrogens is 276 g/mol. The molecule has 2 aliphatic rings. The van der Waals surface area contributed by atoms with Crippen molar-refractivity contribution in [3.63, 3.8) is 0 Å². The van der Waals surface area contributed by atoms with E-state index in [4.69, 9.17) is 0 Å².